The van der Waals surface area contributed by atoms with E-state index in [4.69, 9.17) is 5.73 Å². The molecule has 0 fully saturated rings. The molecule has 9 nitrogen and oxygen atoms in total. The van der Waals surface area contributed by atoms with Crippen LogP contribution in [0.3, 0.4) is 0 Å². The third-order valence-electron chi connectivity index (χ3n) is 3.89. The molecular formula is C19H31N5O4. The predicted molar refractivity (Wildman–Crippen MR) is 110 cm³/mol. The highest BCUT2D eigenvalue weighted by atomic mass is 16.2. The zero-order valence-corrected chi connectivity index (χ0v) is 17.1. The molecule has 4 N–H and O–H groups in total. The first-order valence-corrected chi connectivity index (χ1v) is 9.39. The maximum atomic E-state index is 12.8. The second-order valence-corrected chi connectivity index (χ2v) is 7.49. The first-order valence-electron chi connectivity index (χ1n) is 9.39. The summed E-state index contributed by atoms with van der Waals surface area (Å²) in [5.74, 6) is -0.587. The van der Waals surface area contributed by atoms with Crippen LogP contribution in [0.25, 0.3) is 0 Å². The van der Waals surface area contributed by atoms with Gasteiger partial charge in [0.05, 0.1) is 0 Å². The third kappa shape index (κ3) is 6.40. The number of hydrogen-bond acceptors (Lipinski definition) is 5. The highest BCUT2D eigenvalue weighted by Crippen LogP contribution is 2.20. The number of rotatable bonds is 10. The van der Waals surface area contributed by atoms with Crippen molar-refractivity contribution in [2.45, 2.75) is 47.1 Å². The maximum Gasteiger partial charge on any atom is 0.330 e. The van der Waals surface area contributed by atoms with Crippen molar-refractivity contribution in [2.24, 2.45) is 11.8 Å². The summed E-state index contributed by atoms with van der Waals surface area (Å²) in [5.41, 5.74) is 4.75. The lowest BCUT2D eigenvalue weighted by molar-refractivity contribution is -0.125. The number of carbonyl (C=O) groups excluding carboxylic acids is 2. The van der Waals surface area contributed by atoms with Crippen LogP contribution in [0.4, 0.5) is 11.5 Å². The number of nitrogens with two attached hydrogens (primary N) is 1. The Bertz CT molecular complexity index is 823. The number of carbonyl (C=O) groups is 2. The lowest BCUT2D eigenvalue weighted by atomic mass is 10.1. The Morgan fingerprint density at radius 1 is 1.21 bits per heavy atom. The number of nitrogens with zero attached hydrogens (tertiary/aromatic N) is 2. The second kappa shape index (κ2) is 10.5. The van der Waals surface area contributed by atoms with Crippen molar-refractivity contribution in [3.63, 3.8) is 0 Å². The number of anilines is 2. The molecule has 156 valence electrons. The number of H-pyrrole nitrogens is 1. The van der Waals surface area contributed by atoms with Gasteiger partial charge < -0.3 is 16.0 Å². The van der Waals surface area contributed by atoms with Crippen molar-refractivity contribution < 1.29 is 9.59 Å². The van der Waals surface area contributed by atoms with Crippen molar-refractivity contribution in [2.75, 3.05) is 23.7 Å². The van der Waals surface area contributed by atoms with E-state index >= 15 is 0 Å². The van der Waals surface area contributed by atoms with E-state index in [0.717, 1.165) is 0 Å². The molecular weight excluding hydrogens is 362 g/mol. The Kier molecular flexibility index (Phi) is 8.69. The topological polar surface area (TPSA) is 130 Å². The minimum atomic E-state index is -0.715. The number of nitrogen functional groups attached to an aromatic ring is 1. The lowest BCUT2D eigenvalue weighted by Gasteiger charge is -2.26. The van der Waals surface area contributed by atoms with Crippen LogP contribution in [0.15, 0.2) is 22.2 Å². The van der Waals surface area contributed by atoms with Gasteiger partial charge in [0.1, 0.15) is 5.82 Å². The molecule has 0 saturated heterocycles. The van der Waals surface area contributed by atoms with Crippen molar-refractivity contribution in [1.29, 1.82) is 0 Å². The molecule has 0 aliphatic rings. The molecule has 1 aromatic rings. The summed E-state index contributed by atoms with van der Waals surface area (Å²) in [6.45, 7) is 12.0. The highest BCUT2D eigenvalue weighted by molar-refractivity contribution is 5.97. The molecule has 0 spiro atoms. The third-order valence-corrected chi connectivity index (χ3v) is 3.89. The van der Waals surface area contributed by atoms with Crippen LogP contribution in [0.5, 0.6) is 0 Å². The molecule has 0 aliphatic heterocycles. The predicted octanol–water partition coefficient (Wildman–Crippen LogP) is 0.846. The van der Waals surface area contributed by atoms with Gasteiger partial charge in [-0.25, -0.2) is 4.79 Å². The fourth-order valence-corrected chi connectivity index (χ4v) is 2.70. The molecule has 0 aromatic carbocycles. The van der Waals surface area contributed by atoms with Crippen LogP contribution < -0.4 is 27.2 Å². The second-order valence-electron chi connectivity index (χ2n) is 7.49. The Balaban J connectivity index is 3.25. The van der Waals surface area contributed by atoms with Crippen LogP contribution in [-0.2, 0) is 16.1 Å². The van der Waals surface area contributed by atoms with Crippen LogP contribution >= 0.6 is 0 Å². The molecule has 2 amide bonds. The molecule has 1 aromatic heterocycles. The monoisotopic (exact) mass is 393 g/mol. The minimum Gasteiger partial charge on any atom is -0.383 e. The van der Waals surface area contributed by atoms with E-state index in [1.165, 1.54) is 9.47 Å². The standard InChI is InChI=1S/C19H31N5O4/c1-6-9-21-14(25)7-8-15(26)23(10-12(2)3)16-17(20)24(11-13(4)5)19(28)22-18(16)27/h6,12-13H,1,7-11,20H2,2-5H3,(H,21,25)(H,22,27,28). The summed E-state index contributed by atoms with van der Waals surface area (Å²) < 4.78 is 1.26. The van der Waals surface area contributed by atoms with Gasteiger partial charge in [-0.1, -0.05) is 33.8 Å². The summed E-state index contributed by atoms with van der Waals surface area (Å²) in [6, 6.07) is 0. The van der Waals surface area contributed by atoms with Crippen LogP contribution in [0.1, 0.15) is 40.5 Å². The van der Waals surface area contributed by atoms with Gasteiger partial charge in [0.25, 0.3) is 5.56 Å². The molecule has 0 radical (unpaired) electrons. The molecule has 0 unspecified atom stereocenters. The molecule has 0 atom stereocenters. The Morgan fingerprint density at radius 3 is 2.39 bits per heavy atom. The fourth-order valence-electron chi connectivity index (χ4n) is 2.70. The van der Waals surface area contributed by atoms with Crippen molar-refractivity contribution in [3.05, 3.63) is 33.5 Å². The van der Waals surface area contributed by atoms with E-state index in [1.807, 2.05) is 27.7 Å². The van der Waals surface area contributed by atoms with Gasteiger partial charge in [-0.2, -0.15) is 0 Å². The lowest BCUT2D eigenvalue weighted by Crippen LogP contribution is -2.43. The molecule has 0 bridgehead atoms. The largest absolute Gasteiger partial charge is 0.383 e. The first-order chi connectivity index (χ1) is 13.1. The van der Waals surface area contributed by atoms with Gasteiger partial charge in [-0.15, -0.1) is 6.58 Å². The van der Waals surface area contributed by atoms with E-state index < -0.39 is 17.2 Å². The quantitative estimate of drug-likeness (QED) is 0.507. The summed E-state index contributed by atoms with van der Waals surface area (Å²) >= 11 is 0. The summed E-state index contributed by atoms with van der Waals surface area (Å²) in [4.78, 5) is 52.7. The van der Waals surface area contributed by atoms with Gasteiger partial charge in [-0.3, -0.25) is 23.9 Å². The number of hydrogen-bond donors (Lipinski definition) is 3. The summed E-state index contributed by atoms with van der Waals surface area (Å²) in [5, 5.41) is 2.60. The maximum absolute atomic E-state index is 12.8. The Labute approximate surface area is 164 Å². The average molecular weight is 393 g/mol. The van der Waals surface area contributed by atoms with E-state index in [1.54, 1.807) is 6.08 Å². The Morgan fingerprint density at radius 2 is 1.86 bits per heavy atom. The van der Waals surface area contributed by atoms with E-state index in [2.05, 4.69) is 16.9 Å². The van der Waals surface area contributed by atoms with Gasteiger partial charge in [-0.05, 0) is 11.8 Å². The van der Waals surface area contributed by atoms with E-state index in [0.29, 0.717) is 13.1 Å². The molecule has 1 rings (SSSR count). The highest BCUT2D eigenvalue weighted by Gasteiger charge is 2.25. The molecule has 0 saturated carbocycles. The summed E-state index contributed by atoms with van der Waals surface area (Å²) in [7, 11) is 0. The zero-order valence-electron chi connectivity index (χ0n) is 17.1. The van der Waals surface area contributed by atoms with E-state index in [-0.39, 0.29) is 48.6 Å². The SMILES string of the molecule is C=CCNC(=O)CCC(=O)N(CC(C)C)c1c(N)n(CC(C)C)c(=O)[nH]c1=O. The number of aromatic amines is 1. The van der Waals surface area contributed by atoms with Crippen molar-refractivity contribution >= 4 is 23.3 Å². The Hall–Kier alpha value is -2.84. The first kappa shape index (κ1) is 23.2. The molecule has 28 heavy (non-hydrogen) atoms. The number of nitrogens with one attached hydrogen (secondary N) is 2. The molecule has 0 aliphatic carbocycles. The molecule has 1 heterocycles. The van der Waals surface area contributed by atoms with Crippen LogP contribution in [0.2, 0.25) is 0 Å². The normalized spacial score (nSPS) is 10.9. The smallest absolute Gasteiger partial charge is 0.330 e. The molecule has 9 heteroatoms. The summed E-state index contributed by atoms with van der Waals surface area (Å²) in [6.07, 6.45) is 1.44. The van der Waals surface area contributed by atoms with Crippen LogP contribution in [-0.4, -0.2) is 34.5 Å². The average Bonchev–Trinajstić information content (AvgIpc) is 2.59. The van der Waals surface area contributed by atoms with Gasteiger partial charge >= 0.3 is 5.69 Å². The van der Waals surface area contributed by atoms with Crippen LogP contribution in [0, 0.1) is 11.8 Å². The number of aromatic nitrogens is 2. The van der Waals surface area contributed by atoms with Crippen molar-refractivity contribution in [3.8, 4) is 0 Å². The van der Waals surface area contributed by atoms with Gasteiger partial charge in [0.2, 0.25) is 11.8 Å². The van der Waals surface area contributed by atoms with E-state index in [9.17, 15) is 19.2 Å². The zero-order chi connectivity index (χ0) is 21.4. The fraction of sp³-hybridized carbons (Fsp3) is 0.579. The van der Waals surface area contributed by atoms with Gasteiger partial charge in [0.15, 0.2) is 5.69 Å². The minimum absolute atomic E-state index is 0.0231. The van der Waals surface area contributed by atoms with Crippen molar-refractivity contribution in [1.82, 2.24) is 14.9 Å². The van der Waals surface area contributed by atoms with Gasteiger partial charge in [0, 0.05) is 32.5 Å². The number of amides is 2.